The first-order valence-corrected chi connectivity index (χ1v) is 7.65. The topological polar surface area (TPSA) is 61.1 Å². The standard InChI is InChI=1S/C20H11N3O/c21-10-13-11-23-16-8-4-1-5-12(16)9-17(23)19-18(20(13)24)14-6-2-3-7-15(14)22-19/h1-9,11,22H. The summed E-state index contributed by atoms with van der Waals surface area (Å²) >= 11 is 0. The van der Waals surface area contributed by atoms with Crippen LogP contribution >= 0.6 is 0 Å². The van der Waals surface area contributed by atoms with Crippen molar-refractivity contribution in [3.63, 3.8) is 0 Å². The Kier molecular flexibility index (Phi) is 2.40. The molecule has 0 spiro atoms. The van der Waals surface area contributed by atoms with E-state index in [4.69, 9.17) is 0 Å². The number of nitrogens with zero attached hydrogens (tertiary/aromatic N) is 2. The fourth-order valence-corrected chi connectivity index (χ4v) is 3.48. The van der Waals surface area contributed by atoms with Crippen LogP contribution in [-0.4, -0.2) is 9.38 Å². The summed E-state index contributed by atoms with van der Waals surface area (Å²) in [5, 5.41) is 12.0. The van der Waals surface area contributed by atoms with Crippen molar-refractivity contribution in [3.05, 3.63) is 76.6 Å². The van der Waals surface area contributed by atoms with Crippen LogP contribution in [0.5, 0.6) is 0 Å². The summed E-state index contributed by atoms with van der Waals surface area (Å²) in [6.07, 6.45) is 1.64. The van der Waals surface area contributed by atoms with Crippen LogP contribution in [0.2, 0.25) is 0 Å². The number of benzene rings is 2. The summed E-state index contributed by atoms with van der Waals surface area (Å²) in [5.74, 6) is 0. The number of nitrogens with one attached hydrogen (secondary N) is 1. The van der Waals surface area contributed by atoms with Crippen molar-refractivity contribution >= 4 is 38.2 Å². The van der Waals surface area contributed by atoms with Crippen molar-refractivity contribution in [2.24, 2.45) is 0 Å². The van der Waals surface area contributed by atoms with Crippen molar-refractivity contribution in [2.75, 3.05) is 0 Å². The molecule has 0 unspecified atom stereocenters. The molecule has 0 saturated carbocycles. The van der Waals surface area contributed by atoms with E-state index in [9.17, 15) is 10.1 Å². The van der Waals surface area contributed by atoms with Crippen LogP contribution in [0.25, 0.3) is 38.2 Å². The fourth-order valence-electron chi connectivity index (χ4n) is 3.48. The molecule has 2 aromatic carbocycles. The Morgan fingerprint density at radius 1 is 1.00 bits per heavy atom. The van der Waals surface area contributed by atoms with Gasteiger partial charge in [0.1, 0.15) is 11.6 Å². The second kappa shape index (κ2) is 4.46. The van der Waals surface area contributed by atoms with Crippen LogP contribution in [0.4, 0.5) is 0 Å². The molecule has 112 valence electrons. The SMILES string of the molecule is N#Cc1cn2c3ccccc3cc2c2[nH]c3ccccc3c2c1=O. The van der Waals surface area contributed by atoms with Gasteiger partial charge in [-0.15, -0.1) is 0 Å². The van der Waals surface area contributed by atoms with E-state index in [-0.39, 0.29) is 11.0 Å². The number of para-hydroxylation sites is 2. The van der Waals surface area contributed by atoms with Crippen molar-refractivity contribution in [1.82, 2.24) is 9.38 Å². The Labute approximate surface area is 136 Å². The molecule has 0 amide bonds. The third-order valence-electron chi connectivity index (χ3n) is 4.56. The number of fused-ring (bicyclic) bond motifs is 7. The lowest BCUT2D eigenvalue weighted by molar-refractivity contribution is 1.25. The van der Waals surface area contributed by atoms with E-state index in [1.54, 1.807) is 6.20 Å². The number of aromatic amines is 1. The Hall–Kier alpha value is -3.58. The molecule has 0 saturated heterocycles. The highest BCUT2D eigenvalue weighted by atomic mass is 16.1. The quantitative estimate of drug-likeness (QED) is 0.470. The van der Waals surface area contributed by atoms with E-state index in [0.29, 0.717) is 5.39 Å². The maximum atomic E-state index is 12.9. The summed E-state index contributed by atoms with van der Waals surface area (Å²) < 4.78 is 1.92. The van der Waals surface area contributed by atoms with Crippen molar-refractivity contribution in [2.45, 2.75) is 0 Å². The molecule has 5 rings (SSSR count). The van der Waals surface area contributed by atoms with Gasteiger partial charge in [-0.2, -0.15) is 5.26 Å². The van der Waals surface area contributed by atoms with Crippen molar-refractivity contribution in [1.29, 1.82) is 5.26 Å². The first-order valence-electron chi connectivity index (χ1n) is 7.65. The molecule has 0 radical (unpaired) electrons. The van der Waals surface area contributed by atoms with Crippen molar-refractivity contribution in [3.8, 4) is 6.07 Å². The van der Waals surface area contributed by atoms with Crippen LogP contribution in [0, 0.1) is 11.3 Å². The predicted octanol–water partition coefficient (Wildman–Crippen LogP) is 3.96. The molecule has 0 fully saturated rings. The van der Waals surface area contributed by atoms with Gasteiger partial charge in [-0.25, -0.2) is 0 Å². The van der Waals surface area contributed by atoms with Crippen LogP contribution in [-0.2, 0) is 0 Å². The molecule has 0 aliphatic carbocycles. The number of aromatic nitrogens is 2. The van der Waals surface area contributed by atoms with Crippen LogP contribution in [0.3, 0.4) is 0 Å². The number of hydrogen-bond donors (Lipinski definition) is 1. The van der Waals surface area contributed by atoms with Gasteiger partial charge in [0, 0.05) is 22.5 Å². The molecular formula is C20H11N3O. The largest absolute Gasteiger partial charge is 0.353 e. The van der Waals surface area contributed by atoms with E-state index in [2.05, 4.69) is 11.1 Å². The minimum Gasteiger partial charge on any atom is -0.353 e. The molecule has 3 aromatic heterocycles. The van der Waals surface area contributed by atoms with Gasteiger partial charge >= 0.3 is 0 Å². The second-order valence-electron chi connectivity index (χ2n) is 5.86. The number of hydrogen-bond acceptors (Lipinski definition) is 2. The van der Waals surface area contributed by atoms with Gasteiger partial charge in [0.2, 0.25) is 5.43 Å². The normalized spacial score (nSPS) is 11.5. The van der Waals surface area contributed by atoms with Gasteiger partial charge in [-0.05, 0) is 18.2 Å². The lowest BCUT2D eigenvalue weighted by Gasteiger charge is -1.93. The smallest absolute Gasteiger partial charge is 0.207 e. The van der Waals surface area contributed by atoms with Gasteiger partial charge < -0.3 is 9.38 Å². The highest BCUT2D eigenvalue weighted by Gasteiger charge is 2.14. The molecule has 4 nitrogen and oxygen atoms in total. The highest BCUT2D eigenvalue weighted by molar-refractivity contribution is 6.13. The minimum atomic E-state index is -0.238. The van der Waals surface area contributed by atoms with E-state index in [1.807, 2.05) is 59.0 Å². The average Bonchev–Trinajstić information content (AvgIpc) is 3.14. The lowest BCUT2D eigenvalue weighted by Crippen LogP contribution is -2.02. The Morgan fingerprint density at radius 3 is 2.67 bits per heavy atom. The summed E-state index contributed by atoms with van der Waals surface area (Å²) in [6.45, 7) is 0. The fraction of sp³-hybridized carbons (Fsp3) is 0. The van der Waals surface area contributed by atoms with Gasteiger partial charge in [-0.3, -0.25) is 4.79 Å². The summed E-state index contributed by atoms with van der Waals surface area (Å²) in [6, 6.07) is 19.8. The zero-order valence-electron chi connectivity index (χ0n) is 12.6. The third-order valence-corrected chi connectivity index (χ3v) is 4.56. The molecule has 0 aliphatic heterocycles. The molecule has 0 aliphatic rings. The first-order chi connectivity index (χ1) is 11.8. The Morgan fingerprint density at radius 2 is 1.79 bits per heavy atom. The minimum absolute atomic E-state index is 0.140. The van der Waals surface area contributed by atoms with Gasteiger partial charge in [-0.1, -0.05) is 36.4 Å². The van der Waals surface area contributed by atoms with Crippen LogP contribution < -0.4 is 5.43 Å². The Balaban J connectivity index is 2.22. The van der Waals surface area contributed by atoms with Crippen molar-refractivity contribution < 1.29 is 0 Å². The van der Waals surface area contributed by atoms with Gasteiger partial charge in [0.05, 0.1) is 21.9 Å². The second-order valence-corrected chi connectivity index (χ2v) is 5.86. The highest BCUT2D eigenvalue weighted by Crippen LogP contribution is 2.29. The van der Waals surface area contributed by atoms with Gasteiger partial charge in [0.25, 0.3) is 0 Å². The van der Waals surface area contributed by atoms with E-state index < -0.39 is 0 Å². The maximum Gasteiger partial charge on any atom is 0.207 e. The van der Waals surface area contributed by atoms with Crippen LogP contribution in [0.1, 0.15) is 5.56 Å². The molecular weight excluding hydrogens is 298 g/mol. The number of rotatable bonds is 0. The molecule has 4 heteroatoms. The van der Waals surface area contributed by atoms with Gasteiger partial charge in [0.15, 0.2) is 0 Å². The van der Waals surface area contributed by atoms with Crippen LogP contribution in [0.15, 0.2) is 65.6 Å². The third kappa shape index (κ3) is 1.53. The monoisotopic (exact) mass is 309 g/mol. The molecule has 3 heterocycles. The average molecular weight is 309 g/mol. The summed E-state index contributed by atoms with van der Waals surface area (Å²) in [4.78, 5) is 16.3. The molecule has 1 N–H and O–H groups in total. The molecule has 5 aromatic rings. The molecule has 0 bridgehead atoms. The van der Waals surface area contributed by atoms with E-state index >= 15 is 0 Å². The Bertz CT molecular complexity index is 1380. The maximum absolute atomic E-state index is 12.9. The zero-order valence-corrected chi connectivity index (χ0v) is 12.6. The first kappa shape index (κ1) is 12.9. The summed E-state index contributed by atoms with van der Waals surface area (Å²) in [7, 11) is 0. The van der Waals surface area contributed by atoms with E-state index in [0.717, 1.165) is 32.8 Å². The van der Waals surface area contributed by atoms with E-state index in [1.165, 1.54) is 0 Å². The number of H-pyrrole nitrogens is 1. The number of nitriles is 1. The summed E-state index contributed by atoms with van der Waals surface area (Å²) in [5.41, 5.74) is 3.42. The lowest BCUT2D eigenvalue weighted by atomic mass is 10.1. The molecule has 0 atom stereocenters. The molecule has 24 heavy (non-hydrogen) atoms. The zero-order chi connectivity index (χ0) is 16.3. The predicted molar refractivity (Wildman–Crippen MR) is 95.3 cm³/mol.